The summed E-state index contributed by atoms with van der Waals surface area (Å²) >= 11 is 0. The number of amides is 2. The summed E-state index contributed by atoms with van der Waals surface area (Å²) in [6.07, 6.45) is 1.96. The van der Waals surface area contributed by atoms with Gasteiger partial charge in [0.25, 0.3) is 0 Å². The molecular formula is C22H29N3O2. The summed E-state index contributed by atoms with van der Waals surface area (Å²) in [5.74, 6) is 1.12. The van der Waals surface area contributed by atoms with Crippen molar-refractivity contribution in [2.75, 3.05) is 10.6 Å². The molecule has 2 aromatic carbocycles. The summed E-state index contributed by atoms with van der Waals surface area (Å²) in [5, 5.41) is 9.38. The van der Waals surface area contributed by atoms with E-state index in [2.05, 4.69) is 40.1 Å². The fourth-order valence-corrected chi connectivity index (χ4v) is 2.65. The lowest BCUT2D eigenvalue weighted by Gasteiger charge is -2.12. The molecule has 3 rings (SSSR count). The third-order valence-electron chi connectivity index (χ3n) is 4.25. The van der Waals surface area contributed by atoms with Crippen molar-refractivity contribution in [2.45, 2.75) is 39.0 Å². The van der Waals surface area contributed by atoms with Crippen molar-refractivity contribution in [3.05, 3.63) is 77.6 Å². The SMILES string of the molecule is CC(C)(C)c1cc(NC(=O)Nc2ccc(CCc3ccccc3)cc2)no1.[HH].[HH]. The Morgan fingerprint density at radius 2 is 1.59 bits per heavy atom. The Morgan fingerprint density at radius 3 is 2.19 bits per heavy atom. The van der Waals surface area contributed by atoms with Gasteiger partial charge < -0.3 is 9.84 Å². The molecule has 144 valence electrons. The lowest BCUT2D eigenvalue weighted by Crippen LogP contribution is -2.19. The summed E-state index contributed by atoms with van der Waals surface area (Å²) in [6, 6.07) is 19.7. The number of urea groups is 1. The molecule has 0 spiro atoms. The monoisotopic (exact) mass is 367 g/mol. The van der Waals surface area contributed by atoms with Gasteiger partial charge in [0, 0.05) is 20.0 Å². The Labute approximate surface area is 162 Å². The second kappa shape index (κ2) is 8.08. The first kappa shape index (κ1) is 18.7. The number of carbonyl (C=O) groups excluding carboxylic acids is 1. The zero-order valence-electron chi connectivity index (χ0n) is 16.0. The molecule has 27 heavy (non-hydrogen) atoms. The molecule has 0 aliphatic heterocycles. The molecule has 5 nitrogen and oxygen atoms in total. The number of aromatic nitrogens is 1. The number of hydrogen-bond donors (Lipinski definition) is 2. The van der Waals surface area contributed by atoms with Crippen molar-refractivity contribution in [3.63, 3.8) is 0 Å². The first-order valence-electron chi connectivity index (χ1n) is 9.08. The first-order chi connectivity index (χ1) is 12.9. The number of rotatable bonds is 5. The molecule has 0 fully saturated rings. The van der Waals surface area contributed by atoms with E-state index in [0.717, 1.165) is 24.3 Å². The van der Waals surface area contributed by atoms with Gasteiger partial charge in [-0.15, -0.1) is 0 Å². The second-order valence-electron chi connectivity index (χ2n) is 7.59. The minimum Gasteiger partial charge on any atom is -0.359 e. The third kappa shape index (κ3) is 5.45. The molecule has 2 amide bonds. The number of hydrogen-bond acceptors (Lipinski definition) is 3. The zero-order valence-corrected chi connectivity index (χ0v) is 16.0. The number of anilines is 2. The van der Waals surface area contributed by atoms with E-state index in [-0.39, 0.29) is 14.3 Å². The van der Waals surface area contributed by atoms with Crippen LogP contribution < -0.4 is 10.6 Å². The van der Waals surface area contributed by atoms with Crippen LogP contribution in [0.2, 0.25) is 0 Å². The first-order valence-corrected chi connectivity index (χ1v) is 9.08. The van der Waals surface area contributed by atoms with Gasteiger partial charge in [-0.3, -0.25) is 5.32 Å². The average molecular weight is 367 g/mol. The fraction of sp³-hybridized carbons (Fsp3) is 0.273. The maximum atomic E-state index is 12.1. The molecule has 0 aliphatic carbocycles. The van der Waals surface area contributed by atoms with Crippen molar-refractivity contribution < 1.29 is 12.2 Å². The number of benzene rings is 2. The van der Waals surface area contributed by atoms with Gasteiger partial charge in [0.2, 0.25) is 0 Å². The van der Waals surface area contributed by atoms with Crippen LogP contribution >= 0.6 is 0 Å². The molecule has 0 bridgehead atoms. The molecular weight excluding hydrogens is 338 g/mol. The van der Waals surface area contributed by atoms with Crippen LogP contribution in [0.5, 0.6) is 0 Å². The summed E-state index contributed by atoms with van der Waals surface area (Å²) in [4.78, 5) is 12.1. The summed E-state index contributed by atoms with van der Waals surface area (Å²) in [7, 11) is 0. The van der Waals surface area contributed by atoms with E-state index in [9.17, 15) is 4.79 Å². The standard InChI is InChI=1S/C22H25N3O2.2H2/c1-22(2,3)19-15-20(25-27-19)24-21(26)23-18-13-11-17(12-14-18)10-9-16-7-5-4-6-8-16;;/h4-8,11-15H,9-10H2,1-3H3,(H2,23,24,25,26);2*1H. The lowest BCUT2D eigenvalue weighted by atomic mass is 9.93. The van der Waals surface area contributed by atoms with Crippen LogP contribution in [0.25, 0.3) is 0 Å². The maximum absolute atomic E-state index is 12.1. The van der Waals surface area contributed by atoms with Gasteiger partial charge in [0.15, 0.2) is 5.82 Å². The fourth-order valence-electron chi connectivity index (χ4n) is 2.65. The Morgan fingerprint density at radius 1 is 0.963 bits per heavy atom. The Kier molecular flexibility index (Phi) is 5.60. The maximum Gasteiger partial charge on any atom is 0.324 e. The lowest BCUT2D eigenvalue weighted by molar-refractivity contribution is 0.262. The van der Waals surface area contributed by atoms with Crippen molar-refractivity contribution in [3.8, 4) is 0 Å². The molecule has 1 heterocycles. The predicted octanol–water partition coefficient (Wildman–Crippen LogP) is 5.89. The smallest absolute Gasteiger partial charge is 0.324 e. The van der Waals surface area contributed by atoms with E-state index in [4.69, 9.17) is 4.52 Å². The molecule has 0 aliphatic rings. The Bertz CT molecular complexity index is 888. The van der Waals surface area contributed by atoms with Crippen LogP contribution in [-0.4, -0.2) is 11.2 Å². The van der Waals surface area contributed by atoms with Gasteiger partial charge in [-0.25, -0.2) is 4.79 Å². The topological polar surface area (TPSA) is 67.2 Å². The van der Waals surface area contributed by atoms with Gasteiger partial charge in [-0.2, -0.15) is 0 Å². The number of aryl methyl sites for hydroxylation is 2. The van der Waals surface area contributed by atoms with E-state index >= 15 is 0 Å². The quantitative estimate of drug-likeness (QED) is 0.590. The van der Waals surface area contributed by atoms with Gasteiger partial charge in [-0.05, 0) is 36.1 Å². The Hall–Kier alpha value is -3.08. The number of nitrogens with zero attached hydrogens (tertiary/aromatic N) is 1. The molecule has 1 aromatic heterocycles. The van der Waals surface area contributed by atoms with Crippen molar-refractivity contribution in [1.29, 1.82) is 0 Å². The van der Waals surface area contributed by atoms with Crippen LogP contribution in [0, 0.1) is 0 Å². The molecule has 0 saturated carbocycles. The minimum atomic E-state index is -0.346. The van der Waals surface area contributed by atoms with Crippen LogP contribution in [-0.2, 0) is 18.3 Å². The van der Waals surface area contributed by atoms with Crippen LogP contribution in [0.4, 0.5) is 16.3 Å². The van der Waals surface area contributed by atoms with Crippen LogP contribution in [0.15, 0.2) is 65.2 Å². The zero-order chi connectivity index (χ0) is 19.3. The second-order valence-corrected chi connectivity index (χ2v) is 7.59. The van der Waals surface area contributed by atoms with E-state index in [1.165, 1.54) is 11.1 Å². The summed E-state index contributed by atoms with van der Waals surface area (Å²) in [6.45, 7) is 6.07. The van der Waals surface area contributed by atoms with Crippen molar-refractivity contribution in [1.82, 2.24) is 5.16 Å². The van der Waals surface area contributed by atoms with Crippen molar-refractivity contribution >= 4 is 17.5 Å². The summed E-state index contributed by atoms with van der Waals surface area (Å²) in [5.41, 5.74) is 3.13. The van der Waals surface area contributed by atoms with E-state index in [1.54, 1.807) is 6.07 Å². The molecule has 0 radical (unpaired) electrons. The molecule has 3 aromatic rings. The van der Waals surface area contributed by atoms with E-state index in [0.29, 0.717) is 5.82 Å². The molecule has 0 unspecified atom stereocenters. The van der Waals surface area contributed by atoms with Gasteiger partial charge in [-0.1, -0.05) is 68.4 Å². The van der Waals surface area contributed by atoms with Gasteiger partial charge in [0.1, 0.15) is 5.76 Å². The van der Waals surface area contributed by atoms with Gasteiger partial charge in [0.05, 0.1) is 0 Å². The predicted molar refractivity (Wildman–Crippen MR) is 112 cm³/mol. The normalized spacial score (nSPS) is 11.2. The molecule has 2 N–H and O–H groups in total. The minimum absolute atomic E-state index is 0. The molecule has 5 heteroatoms. The highest BCUT2D eigenvalue weighted by molar-refractivity contribution is 5.99. The van der Waals surface area contributed by atoms with Gasteiger partial charge >= 0.3 is 6.03 Å². The average Bonchev–Trinajstić information content (AvgIpc) is 3.11. The number of carbonyl (C=O) groups is 1. The summed E-state index contributed by atoms with van der Waals surface area (Å²) < 4.78 is 5.27. The van der Waals surface area contributed by atoms with E-state index < -0.39 is 0 Å². The highest BCUT2D eigenvalue weighted by Gasteiger charge is 2.20. The largest absolute Gasteiger partial charge is 0.359 e. The van der Waals surface area contributed by atoms with Crippen LogP contribution in [0.3, 0.4) is 0 Å². The molecule has 0 atom stereocenters. The number of nitrogens with one attached hydrogen (secondary N) is 2. The van der Waals surface area contributed by atoms with E-state index in [1.807, 2.05) is 51.1 Å². The van der Waals surface area contributed by atoms with Crippen molar-refractivity contribution in [2.24, 2.45) is 0 Å². The Balaban J connectivity index is 0.00000210. The van der Waals surface area contributed by atoms with Crippen LogP contribution in [0.1, 0.15) is 40.5 Å². The third-order valence-corrected chi connectivity index (χ3v) is 4.25. The highest BCUT2D eigenvalue weighted by atomic mass is 16.5. The molecule has 0 saturated heterocycles. The highest BCUT2D eigenvalue weighted by Crippen LogP contribution is 2.24.